The number of nitrogens with zero attached hydrogens (tertiary/aromatic N) is 2. The number of hydrogen-bond donors (Lipinski definition) is 2. The first-order valence-corrected chi connectivity index (χ1v) is 5.57. The molecule has 4 nitrogen and oxygen atoms in total. The largest absolute Gasteiger partial charge is 0.364 e. The van der Waals surface area contributed by atoms with Gasteiger partial charge in [0.25, 0.3) is 0 Å². The summed E-state index contributed by atoms with van der Waals surface area (Å²) in [6, 6.07) is 4.51. The third-order valence-corrected chi connectivity index (χ3v) is 3.18. The summed E-state index contributed by atoms with van der Waals surface area (Å²) in [6.45, 7) is 5.17. The third kappa shape index (κ3) is 2.40. The van der Waals surface area contributed by atoms with Crippen LogP contribution in [0.3, 0.4) is 0 Å². The Bertz CT molecular complexity index is 275. The number of hydrogen-bond acceptors (Lipinski definition) is 3. The number of nitrogens with two attached hydrogens (primary N) is 1. The van der Waals surface area contributed by atoms with Crippen LogP contribution < -0.4 is 5.73 Å². The minimum Gasteiger partial charge on any atom is -0.364 e. The molecule has 4 heteroatoms. The zero-order chi connectivity index (χ0) is 10.7. The van der Waals surface area contributed by atoms with E-state index in [1.807, 2.05) is 12.3 Å². The SMILES string of the molecule is CN1CCN(C(CN)c2ccc[nH]2)CC1. The Morgan fingerprint density at radius 1 is 1.40 bits per heavy atom. The van der Waals surface area contributed by atoms with Crippen LogP contribution in [0.2, 0.25) is 0 Å². The maximum atomic E-state index is 5.85. The van der Waals surface area contributed by atoms with Crippen molar-refractivity contribution in [2.45, 2.75) is 6.04 Å². The van der Waals surface area contributed by atoms with E-state index in [-0.39, 0.29) is 0 Å². The van der Waals surface area contributed by atoms with Crippen LogP contribution in [-0.4, -0.2) is 54.6 Å². The van der Waals surface area contributed by atoms with Crippen molar-refractivity contribution in [1.82, 2.24) is 14.8 Å². The number of aromatic nitrogens is 1. The fraction of sp³-hybridized carbons (Fsp3) is 0.636. The Morgan fingerprint density at radius 3 is 2.67 bits per heavy atom. The van der Waals surface area contributed by atoms with Crippen LogP contribution in [-0.2, 0) is 0 Å². The van der Waals surface area contributed by atoms with E-state index in [9.17, 15) is 0 Å². The lowest BCUT2D eigenvalue weighted by Gasteiger charge is -2.37. The van der Waals surface area contributed by atoms with Crippen molar-refractivity contribution >= 4 is 0 Å². The summed E-state index contributed by atoms with van der Waals surface area (Å²) < 4.78 is 0. The van der Waals surface area contributed by atoms with E-state index in [0.717, 1.165) is 26.2 Å². The molecule has 2 rings (SSSR count). The second-order valence-corrected chi connectivity index (χ2v) is 4.22. The van der Waals surface area contributed by atoms with E-state index >= 15 is 0 Å². The van der Waals surface area contributed by atoms with E-state index in [1.165, 1.54) is 5.69 Å². The summed E-state index contributed by atoms with van der Waals surface area (Å²) in [5, 5.41) is 0. The predicted octanol–water partition coefficient (Wildman–Crippen LogP) is 0.262. The Balaban J connectivity index is 2.01. The fourth-order valence-corrected chi connectivity index (χ4v) is 2.16. The van der Waals surface area contributed by atoms with Crippen molar-refractivity contribution < 1.29 is 0 Å². The van der Waals surface area contributed by atoms with Crippen molar-refractivity contribution in [2.75, 3.05) is 39.8 Å². The molecule has 0 bridgehead atoms. The van der Waals surface area contributed by atoms with E-state index in [0.29, 0.717) is 12.6 Å². The number of piperazine rings is 1. The van der Waals surface area contributed by atoms with Crippen molar-refractivity contribution in [1.29, 1.82) is 0 Å². The maximum Gasteiger partial charge on any atom is 0.0623 e. The highest BCUT2D eigenvalue weighted by molar-refractivity contribution is 5.10. The van der Waals surface area contributed by atoms with Crippen LogP contribution in [0.1, 0.15) is 11.7 Å². The number of aromatic amines is 1. The van der Waals surface area contributed by atoms with Gasteiger partial charge in [0.1, 0.15) is 0 Å². The van der Waals surface area contributed by atoms with Crippen molar-refractivity contribution in [3.05, 3.63) is 24.0 Å². The Morgan fingerprint density at radius 2 is 2.13 bits per heavy atom. The van der Waals surface area contributed by atoms with Crippen LogP contribution in [0, 0.1) is 0 Å². The molecule has 0 aromatic carbocycles. The van der Waals surface area contributed by atoms with Gasteiger partial charge in [-0.2, -0.15) is 0 Å². The van der Waals surface area contributed by atoms with Gasteiger partial charge in [0, 0.05) is 44.6 Å². The molecule has 0 spiro atoms. The van der Waals surface area contributed by atoms with Crippen molar-refractivity contribution in [3.63, 3.8) is 0 Å². The van der Waals surface area contributed by atoms with Gasteiger partial charge in [-0.15, -0.1) is 0 Å². The molecular weight excluding hydrogens is 188 g/mol. The summed E-state index contributed by atoms with van der Waals surface area (Å²) in [5.74, 6) is 0. The Kier molecular flexibility index (Phi) is 3.41. The van der Waals surface area contributed by atoms with E-state index in [2.05, 4.69) is 27.9 Å². The minimum absolute atomic E-state index is 0.355. The summed E-state index contributed by atoms with van der Waals surface area (Å²) in [4.78, 5) is 8.09. The Labute approximate surface area is 91.0 Å². The van der Waals surface area contributed by atoms with E-state index in [4.69, 9.17) is 5.73 Å². The van der Waals surface area contributed by atoms with Crippen LogP contribution in [0.15, 0.2) is 18.3 Å². The molecule has 0 radical (unpaired) electrons. The van der Waals surface area contributed by atoms with Crippen LogP contribution >= 0.6 is 0 Å². The van der Waals surface area contributed by atoms with Gasteiger partial charge in [-0.1, -0.05) is 0 Å². The standard InChI is InChI=1S/C11H20N4/c1-14-5-7-15(8-6-14)11(9-12)10-3-2-4-13-10/h2-4,11,13H,5-9,12H2,1H3. The lowest BCUT2D eigenvalue weighted by Crippen LogP contribution is -2.47. The normalized spacial score (nSPS) is 21.7. The van der Waals surface area contributed by atoms with Gasteiger partial charge in [-0.05, 0) is 19.2 Å². The molecule has 0 aliphatic carbocycles. The molecule has 1 aliphatic rings. The molecule has 2 heterocycles. The predicted molar refractivity (Wildman–Crippen MR) is 61.7 cm³/mol. The fourth-order valence-electron chi connectivity index (χ4n) is 2.16. The first-order valence-electron chi connectivity index (χ1n) is 5.57. The first kappa shape index (κ1) is 10.7. The van der Waals surface area contributed by atoms with Crippen molar-refractivity contribution in [2.24, 2.45) is 5.73 Å². The molecule has 84 valence electrons. The lowest BCUT2D eigenvalue weighted by molar-refractivity contribution is 0.113. The second-order valence-electron chi connectivity index (χ2n) is 4.22. The quantitative estimate of drug-likeness (QED) is 0.749. The molecular formula is C11H20N4. The smallest absolute Gasteiger partial charge is 0.0623 e. The molecule has 1 atom stereocenters. The molecule has 1 fully saturated rings. The van der Waals surface area contributed by atoms with Gasteiger partial charge >= 0.3 is 0 Å². The zero-order valence-corrected chi connectivity index (χ0v) is 9.32. The summed E-state index contributed by atoms with van der Waals surface area (Å²) in [7, 11) is 2.17. The highest BCUT2D eigenvalue weighted by Gasteiger charge is 2.22. The van der Waals surface area contributed by atoms with Gasteiger partial charge in [0.05, 0.1) is 6.04 Å². The van der Waals surface area contributed by atoms with Crippen molar-refractivity contribution in [3.8, 4) is 0 Å². The molecule has 1 saturated heterocycles. The number of H-pyrrole nitrogens is 1. The zero-order valence-electron chi connectivity index (χ0n) is 9.32. The molecule has 15 heavy (non-hydrogen) atoms. The van der Waals surface area contributed by atoms with E-state index < -0.39 is 0 Å². The highest BCUT2D eigenvalue weighted by Crippen LogP contribution is 2.18. The van der Waals surface area contributed by atoms with Gasteiger partial charge in [-0.3, -0.25) is 4.90 Å². The number of rotatable bonds is 3. The van der Waals surface area contributed by atoms with Gasteiger partial charge < -0.3 is 15.6 Å². The average Bonchev–Trinajstić information content (AvgIpc) is 2.75. The first-order chi connectivity index (χ1) is 7.31. The summed E-state index contributed by atoms with van der Waals surface area (Å²) in [6.07, 6.45) is 1.97. The van der Waals surface area contributed by atoms with Gasteiger partial charge in [-0.25, -0.2) is 0 Å². The monoisotopic (exact) mass is 208 g/mol. The molecule has 1 aromatic heterocycles. The molecule has 1 aliphatic heterocycles. The van der Waals surface area contributed by atoms with Gasteiger partial charge in [0.2, 0.25) is 0 Å². The highest BCUT2D eigenvalue weighted by atomic mass is 15.3. The molecule has 1 unspecified atom stereocenters. The molecule has 1 aromatic rings. The van der Waals surface area contributed by atoms with Crippen LogP contribution in [0.5, 0.6) is 0 Å². The average molecular weight is 208 g/mol. The summed E-state index contributed by atoms with van der Waals surface area (Å²) in [5.41, 5.74) is 7.09. The molecule has 0 amide bonds. The van der Waals surface area contributed by atoms with E-state index in [1.54, 1.807) is 0 Å². The number of nitrogens with one attached hydrogen (secondary N) is 1. The number of likely N-dealkylation sites (N-methyl/N-ethyl adjacent to an activating group) is 1. The second kappa shape index (κ2) is 4.79. The minimum atomic E-state index is 0.355. The topological polar surface area (TPSA) is 48.3 Å². The summed E-state index contributed by atoms with van der Waals surface area (Å²) >= 11 is 0. The molecule has 3 N–H and O–H groups in total. The van der Waals surface area contributed by atoms with Crippen LogP contribution in [0.25, 0.3) is 0 Å². The van der Waals surface area contributed by atoms with Crippen LogP contribution in [0.4, 0.5) is 0 Å². The Hall–Kier alpha value is -0.840. The maximum absolute atomic E-state index is 5.85. The third-order valence-electron chi connectivity index (χ3n) is 3.18. The molecule has 0 saturated carbocycles. The van der Waals surface area contributed by atoms with Gasteiger partial charge in [0.15, 0.2) is 0 Å². The lowest BCUT2D eigenvalue weighted by atomic mass is 10.1.